The molecule has 0 spiro atoms. The lowest BCUT2D eigenvalue weighted by molar-refractivity contribution is -0.0541. The van der Waals surface area contributed by atoms with Gasteiger partial charge in [-0.3, -0.25) is 4.90 Å². The number of likely N-dealkylation sites (tertiary alicyclic amines) is 1. The highest BCUT2D eigenvalue weighted by atomic mass is 16.5. The summed E-state index contributed by atoms with van der Waals surface area (Å²) in [7, 11) is 0. The molecule has 1 aliphatic rings. The van der Waals surface area contributed by atoms with E-state index in [0.717, 1.165) is 17.5 Å². The van der Waals surface area contributed by atoms with Crippen molar-refractivity contribution in [2.24, 2.45) is 0 Å². The van der Waals surface area contributed by atoms with E-state index in [1.807, 2.05) is 48.5 Å². The van der Waals surface area contributed by atoms with Crippen LogP contribution < -0.4 is 4.74 Å². The maximum atomic E-state index is 12.3. The zero-order valence-corrected chi connectivity index (χ0v) is 18.9. The number of benzene rings is 3. The predicted octanol–water partition coefficient (Wildman–Crippen LogP) is 4.70. The van der Waals surface area contributed by atoms with Crippen molar-refractivity contribution in [3.8, 4) is 5.75 Å². The predicted molar refractivity (Wildman–Crippen MR) is 128 cm³/mol. The summed E-state index contributed by atoms with van der Waals surface area (Å²) in [6, 6.07) is 25.7. The summed E-state index contributed by atoms with van der Waals surface area (Å²) < 4.78 is 5.44. The second kappa shape index (κ2) is 10.3. The van der Waals surface area contributed by atoms with Crippen molar-refractivity contribution >= 4 is 5.97 Å². The number of piperidine rings is 1. The summed E-state index contributed by atoms with van der Waals surface area (Å²) >= 11 is 0. The standard InChI is InChI=1S/C28H31NO4/c1-2-25(29-19-17-28(32,18-20-29)23-11-7-4-8-12-23)26(30)21-13-15-24(16-14-21)33-27(31)22-9-5-3-6-10-22/h3-16,25-26,30,32H,2,17-20H2,1H3/t25-,26-/m1/s1. The van der Waals surface area contributed by atoms with E-state index in [1.165, 1.54) is 0 Å². The van der Waals surface area contributed by atoms with Crippen molar-refractivity contribution in [2.75, 3.05) is 13.1 Å². The summed E-state index contributed by atoms with van der Waals surface area (Å²) in [4.78, 5) is 14.5. The monoisotopic (exact) mass is 445 g/mol. The zero-order chi connectivity index (χ0) is 23.3. The van der Waals surface area contributed by atoms with E-state index in [9.17, 15) is 15.0 Å². The average molecular weight is 446 g/mol. The Morgan fingerprint density at radius 1 is 0.939 bits per heavy atom. The second-order valence-electron chi connectivity index (χ2n) is 8.68. The van der Waals surface area contributed by atoms with Crippen LogP contribution in [0.2, 0.25) is 0 Å². The highest BCUT2D eigenvalue weighted by Crippen LogP contribution is 2.35. The van der Waals surface area contributed by atoms with Gasteiger partial charge in [0.1, 0.15) is 5.75 Å². The van der Waals surface area contributed by atoms with Crippen LogP contribution in [0.5, 0.6) is 5.75 Å². The van der Waals surface area contributed by atoms with Crippen LogP contribution in [0, 0.1) is 0 Å². The number of ether oxygens (including phenoxy) is 1. The third kappa shape index (κ3) is 5.33. The molecule has 172 valence electrons. The molecule has 2 atom stereocenters. The van der Waals surface area contributed by atoms with Gasteiger partial charge in [-0.2, -0.15) is 0 Å². The normalized spacial score (nSPS) is 17.8. The molecule has 1 heterocycles. The number of hydrogen-bond acceptors (Lipinski definition) is 5. The van der Waals surface area contributed by atoms with E-state index < -0.39 is 17.7 Å². The van der Waals surface area contributed by atoms with Crippen molar-refractivity contribution < 1.29 is 19.7 Å². The number of esters is 1. The lowest BCUT2D eigenvalue weighted by Crippen LogP contribution is -2.48. The minimum atomic E-state index is -0.814. The van der Waals surface area contributed by atoms with Gasteiger partial charge in [-0.15, -0.1) is 0 Å². The molecule has 4 rings (SSSR count). The maximum Gasteiger partial charge on any atom is 0.343 e. The first kappa shape index (κ1) is 23.2. The van der Waals surface area contributed by atoms with Gasteiger partial charge in [-0.25, -0.2) is 4.79 Å². The number of aliphatic hydroxyl groups is 2. The van der Waals surface area contributed by atoms with Crippen LogP contribution in [0.3, 0.4) is 0 Å². The fourth-order valence-corrected chi connectivity index (χ4v) is 4.64. The number of hydrogen-bond donors (Lipinski definition) is 2. The number of nitrogens with zero attached hydrogens (tertiary/aromatic N) is 1. The van der Waals surface area contributed by atoms with Crippen LogP contribution in [0.15, 0.2) is 84.9 Å². The first-order valence-electron chi connectivity index (χ1n) is 11.6. The fourth-order valence-electron chi connectivity index (χ4n) is 4.64. The SMILES string of the molecule is CC[C@H]([C@H](O)c1ccc(OC(=O)c2ccccc2)cc1)N1CCC(O)(c2ccccc2)CC1. The molecule has 33 heavy (non-hydrogen) atoms. The Balaban J connectivity index is 1.38. The van der Waals surface area contributed by atoms with E-state index in [4.69, 9.17) is 4.74 Å². The van der Waals surface area contributed by atoms with Gasteiger partial charge in [0, 0.05) is 19.1 Å². The summed E-state index contributed by atoms with van der Waals surface area (Å²) in [5, 5.41) is 22.2. The Morgan fingerprint density at radius 3 is 2.09 bits per heavy atom. The molecule has 5 heteroatoms. The van der Waals surface area contributed by atoms with E-state index in [0.29, 0.717) is 37.2 Å². The topological polar surface area (TPSA) is 70.0 Å². The van der Waals surface area contributed by atoms with Gasteiger partial charge in [0.05, 0.1) is 17.3 Å². The zero-order valence-electron chi connectivity index (χ0n) is 18.9. The van der Waals surface area contributed by atoms with Gasteiger partial charge in [-0.05, 0) is 54.7 Å². The lowest BCUT2D eigenvalue weighted by atomic mass is 9.83. The maximum absolute atomic E-state index is 12.3. The van der Waals surface area contributed by atoms with Gasteiger partial charge in [-0.1, -0.05) is 67.6 Å². The molecule has 0 amide bonds. The summed E-state index contributed by atoms with van der Waals surface area (Å²) in [5.74, 6) is 0.0355. The molecule has 3 aromatic carbocycles. The summed E-state index contributed by atoms with van der Waals surface area (Å²) in [5.41, 5.74) is 1.42. The smallest absolute Gasteiger partial charge is 0.343 e. The van der Waals surface area contributed by atoms with Gasteiger partial charge in [0.25, 0.3) is 0 Å². The minimum Gasteiger partial charge on any atom is -0.423 e. The molecule has 3 aromatic rings. The number of carbonyl (C=O) groups is 1. The molecule has 2 N–H and O–H groups in total. The van der Waals surface area contributed by atoms with E-state index in [-0.39, 0.29) is 6.04 Å². The van der Waals surface area contributed by atoms with Crippen LogP contribution in [-0.4, -0.2) is 40.2 Å². The van der Waals surface area contributed by atoms with Gasteiger partial charge in [0.2, 0.25) is 0 Å². The molecule has 5 nitrogen and oxygen atoms in total. The summed E-state index contributed by atoms with van der Waals surface area (Å²) in [6.07, 6.45) is 1.38. The highest BCUT2D eigenvalue weighted by Gasteiger charge is 2.37. The van der Waals surface area contributed by atoms with Crippen LogP contribution in [0.25, 0.3) is 0 Å². The Hall–Kier alpha value is -2.99. The second-order valence-corrected chi connectivity index (χ2v) is 8.68. The first-order valence-corrected chi connectivity index (χ1v) is 11.6. The fraction of sp³-hybridized carbons (Fsp3) is 0.321. The minimum absolute atomic E-state index is 0.0527. The van der Waals surface area contributed by atoms with E-state index in [1.54, 1.807) is 36.4 Å². The number of carbonyl (C=O) groups excluding carboxylic acids is 1. The Labute approximate surface area is 195 Å². The molecule has 0 unspecified atom stereocenters. The number of aliphatic hydroxyl groups excluding tert-OH is 1. The van der Waals surface area contributed by atoms with Crippen LogP contribution in [0.1, 0.15) is 53.8 Å². The van der Waals surface area contributed by atoms with E-state index in [2.05, 4.69) is 11.8 Å². The number of rotatable bonds is 7. The Morgan fingerprint density at radius 2 is 1.52 bits per heavy atom. The molecule has 0 radical (unpaired) electrons. The van der Waals surface area contributed by atoms with Crippen molar-refractivity contribution in [3.05, 3.63) is 102 Å². The molecule has 1 saturated heterocycles. The molecular weight excluding hydrogens is 414 g/mol. The Bertz CT molecular complexity index is 1030. The van der Waals surface area contributed by atoms with Gasteiger partial charge >= 0.3 is 5.97 Å². The van der Waals surface area contributed by atoms with Crippen molar-refractivity contribution in [1.82, 2.24) is 4.90 Å². The third-order valence-electron chi connectivity index (χ3n) is 6.63. The van der Waals surface area contributed by atoms with Gasteiger partial charge < -0.3 is 14.9 Å². The van der Waals surface area contributed by atoms with Crippen molar-refractivity contribution in [1.29, 1.82) is 0 Å². The quantitative estimate of drug-likeness (QED) is 0.407. The van der Waals surface area contributed by atoms with E-state index >= 15 is 0 Å². The molecule has 0 aromatic heterocycles. The lowest BCUT2D eigenvalue weighted by Gasteiger charge is -2.43. The van der Waals surface area contributed by atoms with Crippen molar-refractivity contribution in [2.45, 2.75) is 43.9 Å². The molecule has 0 aliphatic carbocycles. The molecule has 0 saturated carbocycles. The van der Waals surface area contributed by atoms with Gasteiger partial charge in [0.15, 0.2) is 0 Å². The molecule has 1 aliphatic heterocycles. The van der Waals surface area contributed by atoms with Crippen LogP contribution in [-0.2, 0) is 5.60 Å². The first-order chi connectivity index (χ1) is 16.0. The largest absolute Gasteiger partial charge is 0.423 e. The highest BCUT2D eigenvalue weighted by molar-refractivity contribution is 5.90. The average Bonchev–Trinajstić information content (AvgIpc) is 2.87. The van der Waals surface area contributed by atoms with Crippen LogP contribution >= 0.6 is 0 Å². The van der Waals surface area contributed by atoms with Crippen LogP contribution in [0.4, 0.5) is 0 Å². The third-order valence-corrected chi connectivity index (χ3v) is 6.63. The van der Waals surface area contributed by atoms with Crippen molar-refractivity contribution in [3.63, 3.8) is 0 Å². The Kier molecular flexibility index (Phi) is 7.23. The molecular formula is C28H31NO4. The molecule has 0 bridgehead atoms. The molecule has 1 fully saturated rings. The summed E-state index contributed by atoms with van der Waals surface area (Å²) in [6.45, 7) is 3.50.